The number of amides is 1. The molecule has 1 N–H and O–H groups in total. The van der Waals surface area contributed by atoms with Crippen molar-refractivity contribution < 1.29 is 17.9 Å². The molecule has 9 heteroatoms. The maximum atomic E-state index is 12.2. The van der Waals surface area contributed by atoms with Gasteiger partial charge in [-0.25, -0.2) is 13.4 Å². The zero-order valence-corrected chi connectivity index (χ0v) is 16.4. The van der Waals surface area contributed by atoms with Crippen LogP contribution in [-0.2, 0) is 19.4 Å². The van der Waals surface area contributed by atoms with Crippen LogP contribution in [-0.4, -0.2) is 93.6 Å². The number of nitrogens with one attached hydrogen (secondary N) is 1. The van der Waals surface area contributed by atoms with E-state index >= 15 is 0 Å². The van der Waals surface area contributed by atoms with Gasteiger partial charge in [0.25, 0.3) is 0 Å². The number of hydrogen-bond acceptors (Lipinski definition) is 5. The number of hydrogen-bond donors (Lipinski definition) is 1. The van der Waals surface area contributed by atoms with Crippen LogP contribution >= 0.6 is 0 Å². The molecule has 2 saturated heterocycles. The normalized spacial score (nSPS) is 25.7. The molecule has 2 fully saturated rings. The van der Waals surface area contributed by atoms with Crippen molar-refractivity contribution in [1.29, 1.82) is 0 Å². The summed E-state index contributed by atoms with van der Waals surface area (Å²) in [7, 11) is 0.250. The van der Waals surface area contributed by atoms with E-state index < -0.39 is 14.6 Å². The van der Waals surface area contributed by atoms with Crippen LogP contribution in [0.3, 0.4) is 0 Å². The number of aliphatic imine (C=N–C) groups is 1. The summed E-state index contributed by atoms with van der Waals surface area (Å²) in [6.07, 6.45) is 2.18. The van der Waals surface area contributed by atoms with E-state index in [2.05, 4.69) is 10.3 Å². The van der Waals surface area contributed by atoms with E-state index in [4.69, 9.17) is 4.74 Å². The molecule has 144 valence electrons. The number of carbonyl (C=O) groups excluding carboxylic acids is 1. The van der Waals surface area contributed by atoms with Crippen molar-refractivity contribution in [2.24, 2.45) is 4.99 Å². The highest BCUT2D eigenvalue weighted by molar-refractivity contribution is 7.92. The molecule has 0 aromatic rings. The average Bonchev–Trinajstić information content (AvgIpc) is 3.03. The van der Waals surface area contributed by atoms with Gasteiger partial charge < -0.3 is 19.9 Å². The molecule has 25 heavy (non-hydrogen) atoms. The third-order valence-corrected chi connectivity index (χ3v) is 7.25. The Morgan fingerprint density at radius 3 is 2.68 bits per heavy atom. The Balaban J connectivity index is 2.09. The maximum absolute atomic E-state index is 12.2. The number of carbonyl (C=O) groups is 1. The topological polar surface area (TPSA) is 91.3 Å². The highest BCUT2D eigenvalue weighted by atomic mass is 32.2. The van der Waals surface area contributed by atoms with Gasteiger partial charge in [-0.15, -0.1) is 0 Å². The molecule has 0 aromatic carbocycles. The smallest absolute Gasteiger partial charge is 0.243 e. The fourth-order valence-corrected chi connectivity index (χ4v) is 4.25. The van der Waals surface area contributed by atoms with E-state index in [0.717, 1.165) is 19.4 Å². The average molecular weight is 375 g/mol. The summed E-state index contributed by atoms with van der Waals surface area (Å²) in [5, 5.41) is 3.28. The Bertz CT molecular complexity index is 610. The third kappa shape index (κ3) is 5.07. The van der Waals surface area contributed by atoms with Gasteiger partial charge in [0.05, 0.1) is 16.6 Å². The largest absolute Gasteiger partial charge is 0.376 e. The fraction of sp³-hybridized carbons (Fsp3) is 0.875. The van der Waals surface area contributed by atoms with Gasteiger partial charge in [-0.05, 0) is 26.7 Å². The van der Waals surface area contributed by atoms with E-state index in [1.54, 1.807) is 27.9 Å². The van der Waals surface area contributed by atoms with Crippen molar-refractivity contribution in [2.75, 3.05) is 52.6 Å². The molecular weight excluding hydrogens is 344 g/mol. The summed E-state index contributed by atoms with van der Waals surface area (Å²) in [5.74, 6) is 0.566. The van der Waals surface area contributed by atoms with Gasteiger partial charge in [-0.3, -0.25) is 4.79 Å². The molecule has 0 radical (unpaired) electrons. The first-order valence-corrected chi connectivity index (χ1v) is 10.3. The van der Waals surface area contributed by atoms with Crippen LogP contribution in [0, 0.1) is 0 Å². The predicted molar refractivity (Wildman–Crippen MR) is 97.4 cm³/mol. The molecule has 0 saturated carbocycles. The molecule has 0 aliphatic carbocycles. The minimum absolute atomic E-state index is 0.0323. The Hall–Kier alpha value is -1.35. The number of rotatable bonds is 4. The van der Waals surface area contributed by atoms with Gasteiger partial charge in [0.2, 0.25) is 5.91 Å². The van der Waals surface area contributed by atoms with Crippen molar-refractivity contribution in [3.8, 4) is 0 Å². The van der Waals surface area contributed by atoms with E-state index in [1.165, 1.54) is 4.90 Å². The monoisotopic (exact) mass is 374 g/mol. The lowest BCUT2D eigenvalue weighted by atomic mass is 10.2. The van der Waals surface area contributed by atoms with Crippen LogP contribution in [0.5, 0.6) is 0 Å². The number of likely N-dealkylation sites (N-methyl/N-ethyl adjacent to an activating group) is 1. The molecule has 0 aromatic heterocycles. The molecular formula is C16H30N4O4S. The molecule has 2 aliphatic rings. The van der Waals surface area contributed by atoms with Crippen molar-refractivity contribution >= 4 is 21.7 Å². The van der Waals surface area contributed by atoms with Gasteiger partial charge in [0.1, 0.15) is 6.54 Å². The zero-order valence-electron chi connectivity index (χ0n) is 15.6. The van der Waals surface area contributed by atoms with Crippen LogP contribution in [0.15, 0.2) is 4.99 Å². The Kier molecular flexibility index (Phi) is 6.31. The van der Waals surface area contributed by atoms with E-state index in [1.807, 2.05) is 4.90 Å². The van der Waals surface area contributed by atoms with Gasteiger partial charge in [0.15, 0.2) is 15.8 Å². The molecule has 2 aliphatic heterocycles. The Labute approximate surface area is 150 Å². The molecule has 1 amide bonds. The summed E-state index contributed by atoms with van der Waals surface area (Å²) in [4.78, 5) is 19.7. The molecule has 2 rings (SSSR count). The van der Waals surface area contributed by atoms with Crippen LogP contribution in [0.1, 0.15) is 26.7 Å². The third-order valence-electron chi connectivity index (χ3n) is 4.72. The standard InChI is InChI=1S/C16H30N4O4S/c1-16(2)12-20(7-9-25(16,22)23)15(18-11-14(21)19(3)4)17-10-13-6-5-8-24-13/h13H,5-12H2,1-4H3,(H,17,18). The second-order valence-corrected chi connectivity index (χ2v) is 10.2. The van der Waals surface area contributed by atoms with Crippen LogP contribution in [0.2, 0.25) is 0 Å². The lowest BCUT2D eigenvalue weighted by molar-refractivity contribution is -0.127. The van der Waals surface area contributed by atoms with Crippen molar-refractivity contribution in [3.05, 3.63) is 0 Å². The van der Waals surface area contributed by atoms with Crippen LogP contribution in [0.4, 0.5) is 0 Å². The summed E-state index contributed by atoms with van der Waals surface area (Å²) in [5.41, 5.74) is 0. The summed E-state index contributed by atoms with van der Waals surface area (Å²) < 4.78 is 29.2. The summed E-state index contributed by atoms with van der Waals surface area (Å²) in [6.45, 7) is 5.60. The molecule has 1 unspecified atom stereocenters. The van der Waals surface area contributed by atoms with Crippen LogP contribution in [0.25, 0.3) is 0 Å². The number of ether oxygens (including phenoxy) is 1. The first-order chi connectivity index (χ1) is 11.6. The van der Waals surface area contributed by atoms with Crippen molar-refractivity contribution in [2.45, 2.75) is 37.5 Å². The quantitative estimate of drug-likeness (QED) is 0.537. The van der Waals surface area contributed by atoms with Gasteiger partial charge in [-0.2, -0.15) is 0 Å². The van der Waals surface area contributed by atoms with Gasteiger partial charge in [0, 0.05) is 40.3 Å². The van der Waals surface area contributed by atoms with E-state index in [0.29, 0.717) is 25.6 Å². The lowest BCUT2D eigenvalue weighted by Gasteiger charge is -2.39. The second-order valence-electron chi connectivity index (χ2n) is 7.44. The van der Waals surface area contributed by atoms with Gasteiger partial charge in [-0.1, -0.05) is 0 Å². The Morgan fingerprint density at radius 2 is 2.12 bits per heavy atom. The molecule has 8 nitrogen and oxygen atoms in total. The van der Waals surface area contributed by atoms with E-state index in [9.17, 15) is 13.2 Å². The summed E-state index contributed by atoms with van der Waals surface area (Å²) in [6, 6.07) is 0. The first-order valence-electron chi connectivity index (χ1n) is 8.70. The number of sulfone groups is 1. The molecule has 2 heterocycles. The number of nitrogens with zero attached hydrogens (tertiary/aromatic N) is 3. The highest BCUT2D eigenvalue weighted by Gasteiger charge is 2.41. The lowest BCUT2D eigenvalue weighted by Crippen LogP contribution is -2.57. The Morgan fingerprint density at radius 1 is 1.40 bits per heavy atom. The minimum atomic E-state index is -3.13. The zero-order chi connectivity index (χ0) is 18.7. The predicted octanol–water partition coefficient (Wildman–Crippen LogP) is -0.292. The minimum Gasteiger partial charge on any atom is -0.376 e. The summed E-state index contributed by atoms with van der Waals surface area (Å²) >= 11 is 0. The number of guanidine groups is 1. The highest BCUT2D eigenvalue weighted by Crippen LogP contribution is 2.23. The molecule has 0 bridgehead atoms. The van der Waals surface area contributed by atoms with Gasteiger partial charge >= 0.3 is 0 Å². The molecule has 1 atom stereocenters. The maximum Gasteiger partial charge on any atom is 0.243 e. The fourth-order valence-electron chi connectivity index (χ4n) is 2.89. The first kappa shape index (κ1) is 20.0. The SMILES string of the molecule is CN(C)C(=O)CN=C(NCC1CCCO1)N1CCS(=O)(=O)C(C)(C)C1. The van der Waals surface area contributed by atoms with Crippen molar-refractivity contribution in [1.82, 2.24) is 15.1 Å². The van der Waals surface area contributed by atoms with Crippen LogP contribution < -0.4 is 5.32 Å². The second kappa shape index (κ2) is 7.90. The molecule has 0 spiro atoms. The van der Waals surface area contributed by atoms with E-state index in [-0.39, 0.29) is 24.3 Å². The van der Waals surface area contributed by atoms with Crippen molar-refractivity contribution in [3.63, 3.8) is 0 Å².